The largest absolute Gasteiger partial charge is 0.457 e. The molecule has 3 aromatic rings. The fourth-order valence-corrected chi connectivity index (χ4v) is 3.13. The molecule has 0 spiro atoms. The van der Waals surface area contributed by atoms with Crippen molar-refractivity contribution in [2.75, 3.05) is 5.32 Å². The summed E-state index contributed by atoms with van der Waals surface area (Å²) in [5, 5.41) is 12.4. The van der Waals surface area contributed by atoms with Crippen LogP contribution in [0.5, 0.6) is 11.5 Å². The Labute approximate surface area is 161 Å². The van der Waals surface area contributed by atoms with Gasteiger partial charge in [0.1, 0.15) is 11.5 Å². The Morgan fingerprint density at radius 2 is 1.79 bits per heavy atom. The molecule has 2 aromatic heterocycles. The van der Waals surface area contributed by atoms with Gasteiger partial charge in [0, 0.05) is 29.8 Å². The Morgan fingerprint density at radius 3 is 2.57 bits per heavy atom. The minimum Gasteiger partial charge on any atom is -0.457 e. The number of anilines is 1. The number of ether oxygens (including phenoxy) is 1. The van der Waals surface area contributed by atoms with E-state index in [4.69, 9.17) is 4.74 Å². The van der Waals surface area contributed by atoms with Crippen molar-refractivity contribution in [3.63, 3.8) is 0 Å². The van der Waals surface area contributed by atoms with E-state index in [0.717, 1.165) is 24.1 Å². The van der Waals surface area contributed by atoms with Crippen molar-refractivity contribution in [2.45, 2.75) is 25.3 Å². The quantitative estimate of drug-likeness (QED) is 0.604. The number of aryl methyl sites for hydroxylation is 1. The molecule has 0 saturated heterocycles. The standard InChI is InChI=1S/C20H19N5O3/c26-19(20(27)24-15-3-6-18-13(11-15)12-22-25-18)23-14-1-4-16(5-2-14)28-17-7-9-21-10-8-17/h1-2,4-5,7-10,12,15H,3,6,11H2,(H,22,25)(H,23,26)(H,24,27)/t15-/m0/s1. The SMILES string of the molecule is O=C(Nc1ccc(Oc2ccncc2)cc1)C(=O)N[C@H]1CCc2[nH]ncc2C1. The van der Waals surface area contributed by atoms with Gasteiger partial charge in [-0.2, -0.15) is 5.10 Å². The van der Waals surface area contributed by atoms with Crippen molar-refractivity contribution in [2.24, 2.45) is 0 Å². The molecule has 0 unspecified atom stereocenters. The summed E-state index contributed by atoms with van der Waals surface area (Å²) in [4.78, 5) is 28.3. The van der Waals surface area contributed by atoms with Gasteiger partial charge in [0.05, 0.1) is 6.20 Å². The number of carbonyl (C=O) groups is 2. The average molecular weight is 377 g/mol. The number of rotatable bonds is 4. The highest BCUT2D eigenvalue weighted by Crippen LogP contribution is 2.22. The summed E-state index contributed by atoms with van der Waals surface area (Å²) in [6.45, 7) is 0. The van der Waals surface area contributed by atoms with Gasteiger partial charge in [0.25, 0.3) is 0 Å². The smallest absolute Gasteiger partial charge is 0.313 e. The molecule has 142 valence electrons. The van der Waals surface area contributed by atoms with E-state index >= 15 is 0 Å². The van der Waals surface area contributed by atoms with Crippen LogP contribution in [-0.4, -0.2) is 33.0 Å². The number of nitrogens with one attached hydrogen (secondary N) is 3. The Morgan fingerprint density at radius 1 is 1.04 bits per heavy atom. The molecule has 0 radical (unpaired) electrons. The Kier molecular flexibility index (Phi) is 5.01. The van der Waals surface area contributed by atoms with Crippen molar-refractivity contribution in [3.8, 4) is 11.5 Å². The van der Waals surface area contributed by atoms with Crippen molar-refractivity contribution < 1.29 is 14.3 Å². The number of H-pyrrole nitrogens is 1. The first-order valence-electron chi connectivity index (χ1n) is 8.98. The molecule has 4 rings (SSSR count). The highest BCUT2D eigenvalue weighted by Gasteiger charge is 2.24. The van der Waals surface area contributed by atoms with Crippen LogP contribution in [0.3, 0.4) is 0 Å². The number of fused-ring (bicyclic) bond motifs is 1. The minimum absolute atomic E-state index is 0.0699. The number of pyridine rings is 1. The van der Waals surface area contributed by atoms with Crippen LogP contribution in [0.15, 0.2) is 55.0 Å². The van der Waals surface area contributed by atoms with Crippen LogP contribution in [0.4, 0.5) is 5.69 Å². The molecule has 0 fully saturated rings. The fraction of sp³-hybridized carbons (Fsp3) is 0.200. The summed E-state index contributed by atoms with van der Waals surface area (Å²) < 4.78 is 5.67. The van der Waals surface area contributed by atoms with Gasteiger partial charge >= 0.3 is 11.8 Å². The van der Waals surface area contributed by atoms with E-state index in [9.17, 15) is 9.59 Å². The number of amides is 2. The summed E-state index contributed by atoms with van der Waals surface area (Å²) in [7, 11) is 0. The van der Waals surface area contributed by atoms with Crippen molar-refractivity contribution in [1.82, 2.24) is 20.5 Å². The summed E-state index contributed by atoms with van der Waals surface area (Å²) in [6, 6.07) is 10.2. The zero-order valence-electron chi connectivity index (χ0n) is 15.0. The van der Waals surface area contributed by atoms with Crippen LogP contribution in [0.2, 0.25) is 0 Å². The van der Waals surface area contributed by atoms with E-state index in [1.807, 2.05) is 0 Å². The molecule has 28 heavy (non-hydrogen) atoms. The second kappa shape index (κ2) is 7.91. The lowest BCUT2D eigenvalue weighted by molar-refractivity contribution is -0.136. The Bertz CT molecular complexity index is 969. The van der Waals surface area contributed by atoms with Crippen molar-refractivity contribution >= 4 is 17.5 Å². The zero-order valence-corrected chi connectivity index (χ0v) is 15.0. The predicted molar refractivity (Wildman–Crippen MR) is 102 cm³/mol. The number of hydrogen-bond acceptors (Lipinski definition) is 5. The first-order valence-corrected chi connectivity index (χ1v) is 8.98. The van der Waals surface area contributed by atoms with E-state index in [1.54, 1.807) is 55.0 Å². The molecule has 0 saturated carbocycles. The highest BCUT2D eigenvalue weighted by molar-refractivity contribution is 6.39. The second-order valence-corrected chi connectivity index (χ2v) is 6.55. The molecule has 2 heterocycles. The van der Waals surface area contributed by atoms with Crippen LogP contribution >= 0.6 is 0 Å². The Balaban J connectivity index is 1.30. The van der Waals surface area contributed by atoms with Crippen LogP contribution < -0.4 is 15.4 Å². The minimum atomic E-state index is -0.694. The summed E-state index contributed by atoms with van der Waals surface area (Å²) in [6.07, 6.45) is 7.30. The van der Waals surface area contributed by atoms with Gasteiger partial charge in [-0.3, -0.25) is 19.7 Å². The number of carbonyl (C=O) groups excluding carboxylic acids is 2. The number of nitrogens with zero attached hydrogens (tertiary/aromatic N) is 2. The number of aromatic nitrogens is 3. The van der Waals surface area contributed by atoms with Gasteiger partial charge in [-0.25, -0.2) is 0 Å². The molecule has 8 heteroatoms. The molecule has 0 aliphatic heterocycles. The van der Waals surface area contributed by atoms with Gasteiger partial charge in [0.15, 0.2) is 0 Å². The van der Waals surface area contributed by atoms with Crippen molar-refractivity contribution in [1.29, 1.82) is 0 Å². The van der Waals surface area contributed by atoms with Gasteiger partial charge in [0.2, 0.25) is 0 Å². The van der Waals surface area contributed by atoms with E-state index in [-0.39, 0.29) is 6.04 Å². The number of aromatic amines is 1. The van der Waals surface area contributed by atoms with Gasteiger partial charge in [-0.15, -0.1) is 0 Å². The third kappa shape index (κ3) is 4.17. The van der Waals surface area contributed by atoms with E-state index in [2.05, 4.69) is 25.8 Å². The van der Waals surface area contributed by atoms with E-state index in [0.29, 0.717) is 23.6 Å². The second-order valence-electron chi connectivity index (χ2n) is 6.55. The lowest BCUT2D eigenvalue weighted by atomic mass is 9.93. The van der Waals surface area contributed by atoms with Gasteiger partial charge < -0.3 is 15.4 Å². The average Bonchev–Trinajstić information content (AvgIpc) is 3.18. The first kappa shape index (κ1) is 17.7. The topological polar surface area (TPSA) is 109 Å². The maximum atomic E-state index is 12.2. The summed E-state index contributed by atoms with van der Waals surface area (Å²) in [5.74, 6) is -0.0546. The maximum Gasteiger partial charge on any atom is 0.313 e. The number of hydrogen-bond donors (Lipinski definition) is 3. The van der Waals surface area contributed by atoms with Gasteiger partial charge in [-0.1, -0.05) is 0 Å². The molecule has 1 aliphatic rings. The molecule has 3 N–H and O–H groups in total. The molecular weight excluding hydrogens is 358 g/mol. The third-order valence-electron chi connectivity index (χ3n) is 4.56. The van der Waals surface area contributed by atoms with Crippen molar-refractivity contribution in [3.05, 3.63) is 66.2 Å². The molecule has 1 aromatic carbocycles. The predicted octanol–water partition coefficient (Wildman–Crippen LogP) is 2.21. The molecule has 2 amide bonds. The molecule has 8 nitrogen and oxygen atoms in total. The van der Waals surface area contributed by atoms with Gasteiger partial charge in [-0.05, 0) is 61.2 Å². The maximum absolute atomic E-state index is 12.2. The third-order valence-corrected chi connectivity index (χ3v) is 4.56. The molecule has 1 atom stereocenters. The number of benzene rings is 1. The highest BCUT2D eigenvalue weighted by atomic mass is 16.5. The molecule has 1 aliphatic carbocycles. The normalized spacial score (nSPS) is 15.4. The zero-order chi connectivity index (χ0) is 19.3. The molecule has 0 bridgehead atoms. The van der Waals surface area contributed by atoms with Crippen LogP contribution in [0.1, 0.15) is 17.7 Å². The molecular formula is C20H19N5O3. The summed E-state index contributed by atoms with van der Waals surface area (Å²) in [5.41, 5.74) is 2.70. The lowest BCUT2D eigenvalue weighted by Gasteiger charge is -2.22. The monoisotopic (exact) mass is 377 g/mol. The van der Waals surface area contributed by atoms with E-state index < -0.39 is 11.8 Å². The summed E-state index contributed by atoms with van der Waals surface area (Å²) >= 11 is 0. The lowest BCUT2D eigenvalue weighted by Crippen LogP contribution is -2.44. The first-order chi connectivity index (χ1) is 13.7. The van der Waals surface area contributed by atoms with Crippen LogP contribution in [-0.2, 0) is 22.4 Å². The van der Waals surface area contributed by atoms with Crippen LogP contribution in [0, 0.1) is 0 Å². The Hall–Kier alpha value is -3.68. The fourth-order valence-electron chi connectivity index (χ4n) is 3.13. The van der Waals surface area contributed by atoms with E-state index in [1.165, 1.54) is 0 Å². The van der Waals surface area contributed by atoms with Crippen LogP contribution in [0.25, 0.3) is 0 Å².